The Morgan fingerprint density at radius 3 is 2.29 bits per heavy atom. The van der Waals surface area contributed by atoms with Crippen LogP contribution >= 0.6 is 0 Å². The van der Waals surface area contributed by atoms with E-state index in [9.17, 15) is 4.79 Å². The zero-order chi connectivity index (χ0) is 11.1. The summed E-state index contributed by atoms with van der Waals surface area (Å²) in [5.41, 5.74) is 5.14. The van der Waals surface area contributed by atoms with Crippen molar-refractivity contribution in [2.75, 3.05) is 19.7 Å². The number of hydrogen-bond acceptors (Lipinski definition) is 3. The molecular weight excluding hydrogens is 180 g/mol. The van der Waals surface area contributed by atoms with E-state index in [-0.39, 0.29) is 12.0 Å². The summed E-state index contributed by atoms with van der Waals surface area (Å²) < 4.78 is 5.41. The maximum Gasteiger partial charge on any atom is 0.231 e. The van der Waals surface area contributed by atoms with E-state index in [1.165, 1.54) is 0 Å². The van der Waals surface area contributed by atoms with Crippen LogP contribution in [-0.4, -0.2) is 42.6 Å². The molecule has 0 aromatic rings. The van der Waals surface area contributed by atoms with Crippen molar-refractivity contribution in [3.8, 4) is 0 Å². The van der Waals surface area contributed by atoms with Gasteiger partial charge in [0, 0.05) is 12.6 Å². The van der Waals surface area contributed by atoms with E-state index in [0.29, 0.717) is 19.2 Å². The number of carbonyl (C=O) groups excluding carboxylic acids is 1. The number of primary amides is 1. The van der Waals surface area contributed by atoms with Crippen LogP contribution in [0, 0.1) is 0 Å². The first-order valence-corrected chi connectivity index (χ1v) is 5.07. The molecule has 1 amide bonds. The van der Waals surface area contributed by atoms with E-state index < -0.39 is 0 Å². The molecule has 0 saturated carbocycles. The Kier molecular flexibility index (Phi) is 6.49. The van der Waals surface area contributed by atoms with Crippen LogP contribution in [0.1, 0.15) is 27.7 Å². The first-order valence-electron chi connectivity index (χ1n) is 5.07. The standard InChI is InChI=1S/C10H22N2O2/c1-8(2)12(7-10(11)13)5-6-14-9(3)4/h8-9H,5-7H2,1-4H3,(H2,11,13). The molecule has 2 N–H and O–H groups in total. The lowest BCUT2D eigenvalue weighted by Gasteiger charge is -2.25. The van der Waals surface area contributed by atoms with Gasteiger partial charge in [0.05, 0.1) is 19.3 Å². The summed E-state index contributed by atoms with van der Waals surface area (Å²) in [5, 5.41) is 0. The summed E-state index contributed by atoms with van der Waals surface area (Å²) in [4.78, 5) is 12.8. The van der Waals surface area contributed by atoms with Crippen molar-refractivity contribution >= 4 is 5.91 Å². The maximum atomic E-state index is 10.8. The second kappa shape index (κ2) is 6.79. The molecule has 0 fully saturated rings. The van der Waals surface area contributed by atoms with Crippen molar-refractivity contribution < 1.29 is 9.53 Å². The van der Waals surface area contributed by atoms with Crippen LogP contribution in [0.15, 0.2) is 0 Å². The topological polar surface area (TPSA) is 55.6 Å². The molecule has 4 heteroatoms. The summed E-state index contributed by atoms with van der Waals surface area (Å²) in [6.07, 6.45) is 0.234. The van der Waals surface area contributed by atoms with Crippen molar-refractivity contribution in [2.45, 2.75) is 39.8 Å². The highest BCUT2D eigenvalue weighted by atomic mass is 16.5. The molecule has 4 nitrogen and oxygen atoms in total. The Bertz CT molecular complexity index is 170. The SMILES string of the molecule is CC(C)OCCN(CC(N)=O)C(C)C. The number of rotatable bonds is 7. The number of amides is 1. The summed E-state index contributed by atoms with van der Waals surface area (Å²) in [5.74, 6) is -0.289. The van der Waals surface area contributed by atoms with Crippen molar-refractivity contribution in [1.82, 2.24) is 4.90 Å². The zero-order valence-corrected chi connectivity index (χ0v) is 9.62. The molecule has 0 rings (SSSR count). The smallest absolute Gasteiger partial charge is 0.231 e. The molecule has 0 aromatic carbocycles. The molecule has 0 saturated heterocycles. The Hall–Kier alpha value is -0.610. The minimum Gasteiger partial charge on any atom is -0.377 e. The third kappa shape index (κ3) is 6.86. The largest absolute Gasteiger partial charge is 0.377 e. The van der Waals surface area contributed by atoms with Crippen molar-refractivity contribution in [3.05, 3.63) is 0 Å². The van der Waals surface area contributed by atoms with Gasteiger partial charge in [0.25, 0.3) is 0 Å². The van der Waals surface area contributed by atoms with Gasteiger partial charge < -0.3 is 10.5 Å². The van der Waals surface area contributed by atoms with Gasteiger partial charge >= 0.3 is 0 Å². The molecule has 14 heavy (non-hydrogen) atoms. The van der Waals surface area contributed by atoms with Crippen molar-refractivity contribution in [1.29, 1.82) is 0 Å². The van der Waals surface area contributed by atoms with Crippen LogP contribution in [0.5, 0.6) is 0 Å². The van der Waals surface area contributed by atoms with Crippen LogP contribution in [0.4, 0.5) is 0 Å². The van der Waals surface area contributed by atoms with Gasteiger partial charge in [-0.25, -0.2) is 0 Å². The third-order valence-corrected chi connectivity index (χ3v) is 1.92. The lowest BCUT2D eigenvalue weighted by Crippen LogP contribution is -2.40. The van der Waals surface area contributed by atoms with Crippen LogP contribution in [-0.2, 0) is 9.53 Å². The van der Waals surface area contributed by atoms with E-state index in [1.807, 2.05) is 32.6 Å². The molecule has 0 aromatic heterocycles. The fourth-order valence-corrected chi connectivity index (χ4v) is 1.13. The second-order valence-corrected chi connectivity index (χ2v) is 3.95. The molecule has 0 spiro atoms. The van der Waals surface area contributed by atoms with Gasteiger partial charge in [-0.15, -0.1) is 0 Å². The predicted molar refractivity (Wildman–Crippen MR) is 57.0 cm³/mol. The first-order chi connectivity index (χ1) is 6.43. The molecule has 0 aliphatic heterocycles. The van der Waals surface area contributed by atoms with E-state index in [4.69, 9.17) is 10.5 Å². The van der Waals surface area contributed by atoms with Gasteiger partial charge in [-0.1, -0.05) is 0 Å². The highest BCUT2D eigenvalue weighted by Crippen LogP contribution is 1.98. The number of hydrogen-bond donors (Lipinski definition) is 1. The average molecular weight is 202 g/mol. The molecule has 0 aliphatic rings. The van der Waals surface area contributed by atoms with Crippen LogP contribution in [0.2, 0.25) is 0 Å². The maximum absolute atomic E-state index is 10.8. The van der Waals surface area contributed by atoms with E-state index in [2.05, 4.69) is 0 Å². The summed E-state index contributed by atoms with van der Waals surface area (Å²) >= 11 is 0. The molecule has 0 radical (unpaired) electrons. The number of carbonyl (C=O) groups is 1. The number of nitrogens with zero attached hydrogens (tertiary/aromatic N) is 1. The minimum absolute atomic E-state index is 0.234. The van der Waals surface area contributed by atoms with Gasteiger partial charge in [0.2, 0.25) is 5.91 Å². The van der Waals surface area contributed by atoms with Crippen molar-refractivity contribution in [3.63, 3.8) is 0 Å². The number of ether oxygens (including phenoxy) is 1. The molecule has 0 atom stereocenters. The van der Waals surface area contributed by atoms with Gasteiger partial charge in [-0.3, -0.25) is 9.69 Å². The molecule has 0 heterocycles. The van der Waals surface area contributed by atoms with Gasteiger partial charge in [-0.05, 0) is 27.7 Å². The Balaban J connectivity index is 3.79. The molecular formula is C10H22N2O2. The quantitative estimate of drug-likeness (QED) is 0.658. The monoisotopic (exact) mass is 202 g/mol. The van der Waals surface area contributed by atoms with E-state index in [1.54, 1.807) is 0 Å². The second-order valence-electron chi connectivity index (χ2n) is 3.95. The summed E-state index contributed by atoms with van der Waals surface area (Å²) in [6, 6.07) is 0.318. The fourth-order valence-electron chi connectivity index (χ4n) is 1.13. The Labute approximate surface area is 86.4 Å². The Morgan fingerprint density at radius 2 is 1.93 bits per heavy atom. The van der Waals surface area contributed by atoms with Gasteiger partial charge in [0.1, 0.15) is 0 Å². The molecule has 0 bridgehead atoms. The van der Waals surface area contributed by atoms with Gasteiger partial charge in [-0.2, -0.15) is 0 Å². The van der Waals surface area contributed by atoms with E-state index in [0.717, 1.165) is 6.54 Å². The predicted octanol–water partition coefficient (Wildman–Crippen LogP) is 0.607. The zero-order valence-electron chi connectivity index (χ0n) is 9.62. The van der Waals surface area contributed by atoms with Crippen LogP contribution in [0.25, 0.3) is 0 Å². The summed E-state index contributed by atoms with van der Waals surface area (Å²) in [6.45, 7) is 9.76. The third-order valence-electron chi connectivity index (χ3n) is 1.92. The van der Waals surface area contributed by atoms with Gasteiger partial charge in [0.15, 0.2) is 0 Å². The minimum atomic E-state index is -0.289. The van der Waals surface area contributed by atoms with Crippen LogP contribution < -0.4 is 5.73 Å². The lowest BCUT2D eigenvalue weighted by molar-refractivity contribution is -0.119. The molecule has 0 unspecified atom stereocenters. The molecule has 0 aliphatic carbocycles. The fraction of sp³-hybridized carbons (Fsp3) is 0.900. The normalized spacial score (nSPS) is 11.6. The summed E-state index contributed by atoms with van der Waals surface area (Å²) in [7, 11) is 0. The molecule has 84 valence electrons. The lowest BCUT2D eigenvalue weighted by atomic mass is 10.3. The highest BCUT2D eigenvalue weighted by molar-refractivity contribution is 5.75. The Morgan fingerprint density at radius 1 is 1.36 bits per heavy atom. The average Bonchev–Trinajstić information content (AvgIpc) is 2.00. The highest BCUT2D eigenvalue weighted by Gasteiger charge is 2.11. The first kappa shape index (κ1) is 13.4. The number of nitrogens with two attached hydrogens (primary N) is 1. The van der Waals surface area contributed by atoms with Crippen molar-refractivity contribution in [2.24, 2.45) is 5.73 Å². The van der Waals surface area contributed by atoms with E-state index >= 15 is 0 Å². The van der Waals surface area contributed by atoms with Crippen LogP contribution in [0.3, 0.4) is 0 Å².